The Morgan fingerprint density at radius 1 is 1.25 bits per heavy atom. The summed E-state index contributed by atoms with van der Waals surface area (Å²) in [4.78, 5) is 0.279. The number of hydrogen-bond donors (Lipinski definition) is 1. The summed E-state index contributed by atoms with van der Waals surface area (Å²) in [5.74, 6) is 0.732. The van der Waals surface area contributed by atoms with Gasteiger partial charge in [0.25, 0.3) is 0 Å². The molecule has 1 aliphatic carbocycles. The highest BCUT2D eigenvalue weighted by Gasteiger charge is 2.73. The quantitative estimate of drug-likeness (QED) is 0.692. The van der Waals surface area contributed by atoms with Gasteiger partial charge in [-0.15, -0.1) is 0 Å². The van der Waals surface area contributed by atoms with Gasteiger partial charge < -0.3 is 19.9 Å². The van der Waals surface area contributed by atoms with E-state index in [4.69, 9.17) is 43.8 Å². The van der Waals surface area contributed by atoms with Crippen LogP contribution in [0.5, 0.6) is 11.5 Å². The zero-order chi connectivity index (χ0) is 20.1. The molecule has 0 amide bonds. The number of halogens is 1. The van der Waals surface area contributed by atoms with Crippen molar-refractivity contribution in [1.82, 2.24) is 0 Å². The van der Waals surface area contributed by atoms with Gasteiger partial charge in [-0.05, 0) is 42.0 Å². The molecule has 2 aliphatic rings. The van der Waals surface area contributed by atoms with E-state index in [9.17, 15) is 8.42 Å². The Bertz CT molecular complexity index is 1040. The van der Waals surface area contributed by atoms with Crippen molar-refractivity contribution in [3.63, 3.8) is 0 Å². The van der Waals surface area contributed by atoms with Crippen LogP contribution in [0.3, 0.4) is 0 Å². The number of benzene rings is 2. The van der Waals surface area contributed by atoms with Gasteiger partial charge in [0.15, 0.2) is 21.3 Å². The van der Waals surface area contributed by atoms with Gasteiger partial charge >= 0.3 is 0 Å². The van der Waals surface area contributed by atoms with Crippen molar-refractivity contribution >= 4 is 38.6 Å². The predicted molar refractivity (Wildman–Crippen MR) is 109 cm³/mol. The summed E-state index contributed by atoms with van der Waals surface area (Å²) in [6.45, 7) is 0.230. The molecule has 0 unspecified atom stereocenters. The molecule has 148 valence electrons. The molecule has 0 saturated heterocycles. The third kappa shape index (κ3) is 2.86. The number of thiocarbonyl (C=S) groups is 1. The van der Waals surface area contributed by atoms with Crippen LogP contribution in [-0.2, 0) is 14.6 Å². The minimum absolute atomic E-state index is 0.0962. The lowest BCUT2D eigenvalue weighted by atomic mass is 9.99. The summed E-state index contributed by atoms with van der Waals surface area (Å²) in [5, 5.41) is -0.390. The monoisotopic (exact) mass is 439 g/mol. The fourth-order valence-electron chi connectivity index (χ4n) is 3.99. The lowest BCUT2D eigenvalue weighted by Crippen LogP contribution is -2.33. The van der Waals surface area contributed by atoms with Crippen LogP contribution in [0, 0.1) is 5.41 Å². The van der Waals surface area contributed by atoms with Crippen LogP contribution in [0.4, 0.5) is 0 Å². The van der Waals surface area contributed by atoms with E-state index in [-0.39, 0.29) is 23.3 Å². The molecule has 2 aromatic rings. The van der Waals surface area contributed by atoms with Gasteiger partial charge in [-0.25, -0.2) is 8.42 Å². The second-order valence-electron chi connectivity index (χ2n) is 6.85. The standard InChI is InChI=1S/C19H18ClNO5S2/c1-24-9-19(18(21)27)16(11-2-7-14-15(8-11)26-10-25-14)17(19)28(22,23)13-5-3-12(20)4-6-13/h2-8,16-17H,9-10H2,1H3,(H2,21,27)/t16-,17-,19+/m0/s1. The Balaban J connectivity index is 1.81. The summed E-state index contributed by atoms with van der Waals surface area (Å²) in [6.07, 6.45) is 0. The number of fused-ring (bicyclic) bond motifs is 1. The predicted octanol–water partition coefficient (Wildman–Crippen LogP) is 2.93. The van der Waals surface area contributed by atoms with Crippen LogP contribution in [0.1, 0.15) is 11.5 Å². The van der Waals surface area contributed by atoms with E-state index >= 15 is 0 Å². The molecule has 1 saturated carbocycles. The van der Waals surface area contributed by atoms with E-state index in [1.54, 1.807) is 24.3 Å². The van der Waals surface area contributed by atoms with Crippen molar-refractivity contribution in [1.29, 1.82) is 0 Å². The Morgan fingerprint density at radius 2 is 1.93 bits per heavy atom. The minimum atomic E-state index is -3.75. The zero-order valence-corrected chi connectivity index (χ0v) is 17.3. The number of sulfone groups is 1. The van der Waals surface area contributed by atoms with Gasteiger partial charge in [0.05, 0.1) is 27.2 Å². The molecule has 1 aliphatic heterocycles. The summed E-state index contributed by atoms with van der Waals surface area (Å²) in [6, 6.07) is 11.4. The van der Waals surface area contributed by atoms with Crippen LogP contribution < -0.4 is 15.2 Å². The Labute approximate surface area is 173 Å². The molecule has 0 aromatic heterocycles. The van der Waals surface area contributed by atoms with Gasteiger partial charge in [0.2, 0.25) is 6.79 Å². The van der Waals surface area contributed by atoms with Crippen molar-refractivity contribution < 1.29 is 22.6 Å². The normalized spacial score (nSPS) is 25.5. The molecule has 2 aromatic carbocycles. The zero-order valence-electron chi connectivity index (χ0n) is 14.9. The summed E-state index contributed by atoms with van der Waals surface area (Å²) in [5.41, 5.74) is 5.82. The van der Waals surface area contributed by atoms with E-state index in [1.807, 2.05) is 6.07 Å². The van der Waals surface area contributed by atoms with Gasteiger partial charge in [-0.3, -0.25) is 0 Å². The van der Waals surface area contributed by atoms with Gasteiger partial charge in [-0.1, -0.05) is 29.9 Å². The van der Waals surface area contributed by atoms with Crippen LogP contribution in [0.25, 0.3) is 0 Å². The van der Waals surface area contributed by atoms with Crippen LogP contribution in [0.15, 0.2) is 47.4 Å². The molecule has 1 fully saturated rings. The highest BCUT2D eigenvalue weighted by atomic mass is 35.5. The van der Waals surface area contributed by atoms with E-state index in [2.05, 4.69) is 0 Å². The smallest absolute Gasteiger partial charge is 0.231 e. The average molecular weight is 440 g/mol. The maximum atomic E-state index is 13.4. The maximum Gasteiger partial charge on any atom is 0.231 e. The SMILES string of the molecule is COC[C@@]1(C(N)=S)[C@@H](c2ccc3c(c2)OCO3)[C@@H]1S(=O)(=O)c1ccc(Cl)cc1. The first-order valence-electron chi connectivity index (χ1n) is 8.50. The third-order valence-corrected chi connectivity index (χ3v) is 8.25. The summed E-state index contributed by atoms with van der Waals surface area (Å²) < 4.78 is 43.0. The summed E-state index contributed by atoms with van der Waals surface area (Å²) in [7, 11) is -2.25. The molecule has 4 rings (SSSR count). The van der Waals surface area contributed by atoms with Crippen LogP contribution in [-0.4, -0.2) is 39.2 Å². The van der Waals surface area contributed by atoms with Crippen molar-refractivity contribution in [2.75, 3.05) is 20.5 Å². The molecule has 28 heavy (non-hydrogen) atoms. The number of hydrogen-bond acceptors (Lipinski definition) is 6. The van der Waals surface area contributed by atoms with Crippen molar-refractivity contribution in [3.05, 3.63) is 53.1 Å². The Kier molecular flexibility index (Phi) is 4.78. The van der Waals surface area contributed by atoms with Crippen molar-refractivity contribution in [2.45, 2.75) is 16.1 Å². The first kappa shape index (κ1) is 19.4. The second-order valence-corrected chi connectivity index (χ2v) is 9.79. The highest BCUT2D eigenvalue weighted by molar-refractivity contribution is 7.92. The second kappa shape index (κ2) is 6.88. The molecule has 0 radical (unpaired) electrons. The summed E-state index contributed by atoms with van der Waals surface area (Å²) >= 11 is 11.2. The molecule has 9 heteroatoms. The van der Waals surface area contributed by atoms with E-state index in [0.717, 1.165) is 5.56 Å². The fraction of sp³-hybridized carbons (Fsp3) is 0.316. The van der Waals surface area contributed by atoms with Gasteiger partial charge in [-0.2, -0.15) is 0 Å². The molecule has 3 atom stereocenters. The highest BCUT2D eigenvalue weighted by Crippen LogP contribution is 2.65. The number of rotatable bonds is 6. The molecule has 2 N–H and O–H groups in total. The maximum absolute atomic E-state index is 13.4. The van der Waals surface area contributed by atoms with E-state index in [0.29, 0.717) is 16.5 Å². The molecular weight excluding hydrogens is 422 g/mol. The fourth-order valence-corrected chi connectivity index (χ4v) is 6.88. The molecular formula is C19H18ClNO5S2. The molecule has 0 bridgehead atoms. The van der Waals surface area contributed by atoms with Crippen LogP contribution in [0.2, 0.25) is 5.02 Å². The molecule has 1 heterocycles. The Hall–Kier alpha value is -1.87. The van der Waals surface area contributed by atoms with Crippen molar-refractivity contribution in [2.24, 2.45) is 11.1 Å². The first-order valence-corrected chi connectivity index (χ1v) is 10.8. The molecule has 6 nitrogen and oxygen atoms in total. The minimum Gasteiger partial charge on any atom is -0.454 e. The Morgan fingerprint density at radius 3 is 2.57 bits per heavy atom. The third-order valence-electron chi connectivity index (χ3n) is 5.33. The van der Waals surface area contributed by atoms with E-state index in [1.165, 1.54) is 19.2 Å². The topological polar surface area (TPSA) is 87.8 Å². The largest absolute Gasteiger partial charge is 0.454 e. The van der Waals surface area contributed by atoms with E-state index < -0.39 is 26.4 Å². The lowest BCUT2D eigenvalue weighted by Gasteiger charge is -2.16. The van der Waals surface area contributed by atoms with Gasteiger partial charge in [0.1, 0.15) is 0 Å². The molecule has 0 spiro atoms. The average Bonchev–Trinajstić information content (AvgIpc) is 3.13. The van der Waals surface area contributed by atoms with Crippen LogP contribution >= 0.6 is 23.8 Å². The lowest BCUT2D eigenvalue weighted by molar-refractivity contribution is 0.166. The van der Waals surface area contributed by atoms with Gasteiger partial charge in [0, 0.05) is 18.1 Å². The number of methoxy groups -OCH3 is 1. The van der Waals surface area contributed by atoms with Crippen molar-refractivity contribution in [3.8, 4) is 11.5 Å². The first-order chi connectivity index (χ1) is 13.3. The number of nitrogens with two attached hydrogens (primary N) is 1. The number of ether oxygens (including phenoxy) is 3.